The summed E-state index contributed by atoms with van der Waals surface area (Å²) in [4.78, 5) is 23.2. The van der Waals surface area contributed by atoms with Gasteiger partial charge in [-0.2, -0.15) is 0 Å². The van der Waals surface area contributed by atoms with Gasteiger partial charge in [0, 0.05) is 18.0 Å². The molecule has 0 bridgehead atoms. The van der Waals surface area contributed by atoms with Crippen LogP contribution in [0.2, 0.25) is 0 Å². The van der Waals surface area contributed by atoms with Gasteiger partial charge in [0.1, 0.15) is 0 Å². The molecule has 0 unspecified atom stereocenters. The van der Waals surface area contributed by atoms with Gasteiger partial charge in [0.05, 0.1) is 11.9 Å². The summed E-state index contributed by atoms with van der Waals surface area (Å²) in [6.07, 6.45) is -0.0748. The largest absolute Gasteiger partial charge is 0.481 e. The molecule has 3 aromatic rings. The molecular formula is C18H15NO3. The molecule has 0 spiro atoms. The summed E-state index contributed by atoms with van der Waals surface area (Å²) in [6.45, 7) is 0.170. The molecule has 0 fully saturated rings. The normalized spacial score (nSPS) is 10.7. The number of benzene rings is 2. The number of aryl methyl sites for hydroxylation is 1. The first kappa shape index (κ1) is 14.1. The molecule has 3 rings (SSSR count). The lowest BCUT2D eigenvalue weighted by Crippen LogP contribution is -2.21. The number of carboxylic acid groups (broad SMARTS) is 1. The van der Waals surface area contributed by atoms with Crippen LogP contribution >= 0.6 is 0 Å². The van der Waals surface area contributed by atoms with E-state index in [2.05, 4.69) is 0 Å². The number of pyridine rings is 1. The molecule has 110 valence electrons. The highest BCUT2D eigenvalue weighted by Gasteiger charge is 2.10. The van der Waals surface area contributed by atoms with Crippen LogP contribution in [-0.4, -0.2) is 15.6 Å². The minimum Gasteiger partial charge on any atom is -0.481 e. The molecule has 4 heteroatoms. The first-order valence-corrected chi connectivity index (χ1v) is 7.06. The highest BCUT2D eigenvalue weighted by molar-refractivity contribution is 5.94. The second kappa shape index (κ2) is 5.85. The number of carbonyl (C=O) groups is 1. The van der Waals surface area contributed by atoms with Crippen molar-refractivity contribution in [2.24, 2.45) is 0 Å². The Hall–Kier alpha value is -2.88. The summed E-state index contributed by atoms with van der Waals surface area (Å²) in [7, 11) is 0. The average Bonchev–Trinajstić information content (AvgIpc) is 2.54. The molecular weight excluding hydrogens is 278 g/mol. The maximum Gasteiger partial charge on any atom is 0.305 e. The number of aromatic nitrogens is 1. The van der Waals surface area contributed by atoms with Crippen molar-refractivity contribution < 1.29 is 9.90 Å². The summed E-state index contributed by atoms with van der Waals surface area (Å²) in [5, 5.41) is 9.80. The van der Waals surface area contributed by atoms with Crippen LogP contribution in [-0.2, 0) is 11.3 Å². The van der Waals surface area contributed by atoms with Crippen molar-refractivity contribution in [1.82, 2.24) is 4.57 Å². The molecule has 0 atom stereocenters. The second-order valence-corrected chi connectivity index (χ2v) is 5.07. The van der Waals surface area contributed by atoms with E-state index in [1.807, 2.05) is 54.6 Å². The van der Waals surface area contributed by atoms with Gasteiger partial charge in [-0.25, -0.2) is 0 Å². The van der Waals surface area contributed by atoms with Gasteiger partial charge in [0.2, 0.25) is 0 Å². The van der Waals surface area contributed by atoms with Crippen molar-refractivity contribution >= 4 is 16.9 Å². The lowest BCUT2D eigenvalue weighted by atomic mass is 10.0. The number of hydrogen-bond acceptors (Lipinski definition) is 2. The van der Waals surface area contributed by atoms with Gasteiger partial charge in [-0.15, -0.1) is 0 Å². The van der Waals surface area contributed by atoms with Crippen molar-refractivity contribution in [3.05, 3.63) is 71.0 Å². The van der Waals surface area contributed by atoms with Crippen molar-refractivity contribution in [3.63, 3.8) is 0 Å². The third kappa shape index (κ3) is 2.63. The topological polar surface area (TPSA) is 59.3 Å². The van der Waals surface area contributed by atoms with Crippen LogP contribution in [0.15, 0.2) is 65.5 Å². The van der Waals surface area contributed by atoms with Crippen LogP contribution in [0.1, 0.15) is 6.42 Å². The lowest BCUT2D eigenvalue weighted by molar-refractivity contribution is -0.137. The standard InChI is InChI=1S/C18H15NO3/c20-17-12-15(13-6-2-1-3-7-13)14-8-4-5-9-16(14)19(17)11-10-18(21)22/h1-9,12H,10-11H2,(H,21,22). The number of hydrogen-bond donors (Lipinski definition) is 1. The minimum absolute atomic E-state index is 0.0748. The van der Waals surface area contributed by atoms with Crippen molar-refractivity contribution in [2.75, 3.05) is 0 Å². The van der Waals surface area contributed by atoms with Crippen molar-refractivity contribution in [2.45, 2.75) is 13.0 Å². The fourth-order valence-corrected chi connectivity index (χ4v) is 2.63. The van der Waals surface area contributed by atoms with Gasteiger partial charge >= 0.3 is 5.97 Å². The monoisotopic (exact) mass is 293 g/mol. The molecule has 1 N–H and O–H groups in total. The van der Waals surface area contributed by atoms with Crippen molar-refractivity contribution in [3.8, 4) is 11.1 Å². The average molecular weight is 293 g/mol. The van der Waals surface area contributed by atoms with Crippen LogP contribution in [0.5, 0.6) is 0 Å². The third-order valence-electron chi connectivity index (χ3n) is 3.65. The summed E-state index contributed by atoms with van der Waals surface area (Å²) in [6, 6.07) is 18.9. The van der Waals surface area contributed by atoms with E-state index in [9.17, 15) is 9.59 Å². The van der Waals surface area contributed by atoms with E-state index in [1.165, 1.54) is 4.57 Å². The molecule has 4 nitrogen and oxygen atoms in total. The first-order valence-electron chi connectivity index (χ1n) is 7.06. The highest BCUT2D eigenvalue weighted by Crippen LogP contribution is 2.26. The SMILES string of the molecule is O=C(O)CCn1c(=O)cc(-c2ccccc2)c2ccccc21. The Kier molecular flexibility index (Phi) is 3.74. The van der Waals surface area contributed by atoms with Gasteiger partial charge < -0.3 is 9.67 Å². The van der Waals surface area contributed by atoms with Gasteiger partial charge in [-0.3, -0.25) is 9.59 Å². The van der Waals surface area contributed by atoms with E-state index < -0.39 is 5.97 Å². The zero-order valence-corrected chi connectivity index (χ0v) is 11.9. The third-order valence-corrected chi connectivity index (χ3v) is 3.65. The Labute approximate surface area is 127 Å². The van der Waals surface area contributed by atoms with E-state index in [0.29, 0.717) is 0 Å². The second-order valence-electron chi connectivity index (χ2n) is 5.07. The molecule has 0 amide bonds. The summed E-state index contributed by atoms with van der Waals surface area (Å²) in [5.41, 5.74) is 2.42. The first-order chi connectivity index (χ1) is 10.7. The zero-order valence-electron chi connectivity index (χ0n) is 11.9. The van der Waals surface area contributed by atoms with Gasteiger partial charge in [-0.1, -0.05) is 48.5 Å². The predicted molar refractivity (Wildman–Crippen MR) is 85.9 cm³/mol. The molecule has 0 saturated carbocycles. The number of aliphatic carboxylic acids is 1. The van der Waals surface area contributed by atoms with Gasteiger partial charge in [0.25, 0.3) is 5.56 Å². The highest BCUT2D eigenvalue weighted by atomic mass is 16.4. The number of nitrogens with zero attached hydrogens (tertiary/aromatic N) is 1. The van der Waals surface area contributed by atoms with Gasteiger partial charge in [0.15, 0.2) is 0 Å². The van der Waals surface area contributed by atoms with E-state index in [1.54, 1.807) is 6.07 Å². The molecule has 22 heavy (non-hydrogen) atoms. The lowest BCUT2D eigenvalue weighted by Gasteiger charge is -2.13. The summed E-state index contributed by atoms with van der Waals surface area (Å²) >= 11 is 0. The Morgan fingerprint density at radius 2 is 1.68 bits per heavy atom. The van der Waals surface area contributed by atoms with Crippen LogP contribution in [0.25, 0.3) is 22.0 Å². The number of fused-ring (bicyclic) bond motifs is 1. The molecule has 0 saturated heterocycles. The quantitative estimate of drug-likeness (QED) is 0.804. The van der Waals surface area contributed by atoms with Crippen LogP contribution in [0, 0.1) is 0 Å². The molecule has 0 radical (unpaired) electrons. The maximum atomic E-state index is 12.4. The predicted octanol–water partition coefficient (Wildman–Crippen LogP) is 3.14. The Balaban J connectivity index is 2.23. The molecule has 1 heterocycles. The molecule has 0 aliphatic rings. The maximum absolute atomic E-state index is 12.4. The van der Waals surface area contributed by atoms with E-state index in [-0.39, 0.29) is 18.5 Å². The number of carboxylic acids is 1. The molecule has 1 aromatic heterocycles. The number of rotatable bonds is 4. The zero-order chi connectivity index (χ0) is 15.5. The number of para-hydroxylation sites is 1. The molecule has 0 aliphatic carbocycles. The molecule has 0 aliphatic heterocycles. The van der Waals surface area contributed by atoms with Crippen molar-refractivity contribution in [1.29, 1.82) is 0 Å². The Bertz CT molecular complexity index is 882. The van der Waals surface area contributed by atoms with Crippen LogP contribution < -0.4 is 5.56 Å². The Morgan fingerprint density at radius 1 is 1.00 bits per heavy atom. The van der Waals surface area contributed by atoms with E-state index >= 15 is 0 Å². The summed E-state index contributed by atoms with van der Waals surface area (Å²) < 4.78 is 1.52. The van der Waals surface area contributed by atoms with Crippen LogP contribution in [0.3, 0.4) is 0 Å². The fraction of sp³-hybridized carbons (Fsp3) is 0.111. The smallest absolute Gasteiger partial charge is 0.305 e. The Morgan fingerprint density at radius 3 is 2.41 bits per heavy atom. The van der Waals surface area contributed by atoms with Crippen LogP contribution in [0.4, 0.5) is 0 Å². The minimum atomic E-state index is -0.914. The van der Waals surface area contributed by atoms with E-state index in [0.717, 1.165) is 22.0 Å². The molecule has 2 aromatic carbocycles. The summed E-state index contributed by atoms with van der Waals surface area (Å²) in [5.74, 6) is -0.914. The fourth-order valence-electron chi connectivity index (χ4n) is 2.63. The van der Waals surface area contributed by atoms with Gasteiger partial charge in [-0.05, 0) is 17.2 Å². The van der Waals surface area contributed by atoms with E-state index in [4.69, 9.17) is 5.11 Å².